The lowest BCUT2D eigenvalue weighted by atomic mass is 10.1. The van der Waals surface area contributed by atoms with Gasteiger partial charge in [0, 0.05) is 4.88 Å². The highest BCUT2D eigenvalue weighted by molar-refractivity contribution is 8.00. The normalized spacial score (nSPS) is 19.4. The van der Waals surface area contributed by atoms with Crippen LogP contribution in [0.3, 0.4) is 0 Å². The molecule has 1 atom stereocenters. The Labute approximate surface area is 112 Å². The average Bonchev–Trinajstić information content (AvgIpc) is 2.84. The number of hydrogen-bond donors (Lipinski definition) is 2. The minimum absolute atomic E-state index is 0.354. The summed E-state index contributed by atoms with van der Waals surface area (Å²) >= 11 is 3.11. The monoisotopic (exact) mass is 292 g/mol. The number of nitrogens with two attached hydrogens (primary N) is 1. The fourth-order valence-corrected chi connectivity index (χ4v) is 4.06. The van der Waals surface area contributed by atoms with Crippen LogP contribution in [0, 0.1) is 0 Å². The predicted octanol–water partition coefficient (Wildman–Crippen LogP) is 1.79. The van der Waals surface area contributed by atoms with E-state index >= 15 is 0 Å². The van der Waals surface area contributed by atoms with Crippen molar-refractivity contribution in [1.29, 1.82) is 0 Å². The highest BCUT2D eigenvalue weighted by atomic mass is 32.2. The highest BCUT2D eigenvalue weighted by Gasteiger charge is 2.32. The Morgan fingerprint density at radius 1 is 1.61 bits per heavy atom. The summed E-state index contributed by atoms with van der Waals surface area (Å²) in [4.78, 5) is 13.1. The Kier molecular flexibility index (Phi) is 4.24. The van der Waals surface area contributed by atoms with Gasteiger partial charge in [-0.1, -0.05) is 0 Å². The molecule has 7 heteroatoms. The van der Waals surface area contributed by atoms with Gasteiger partial charge in [0.1, 0.15) is 5.25 Å². The minimum Gasteiger partial charge on any atom is -0.349 e. The van der Waals surface area contributed by atoms with Gasteiger partial charge in [0.2, 0.25) is 5.91 Å². The summed E-state index contributed by atoms with van der Waals surface area (Å²) < 4.78 is 25.9. The largest absolute Gasteiger partial charge is 0.349 e. The number of fused-ring (bicyclic) bond motifs is 1. The zero-order chi connectivity index (χ0) is 13.2. The Hall–Kier alpha value is -0.660. The van der Waals surface area contributed by atoms with Gasteiger partial charge in [-0.25, -0.2) is 8.78 Å². The highest BCUT2D eigenvalue weighted by Crippen LogP contribution is 2.39. The summed E-state index contributed by atoms with van der Waals surface area (Å²) in [5, 5.41) is 3.86. The molecule has 1 aromatic heterocycles. The summed E-state index contributed by atoms with van der Waals surface area (Å²) in [7, 11) is 0. The molecule has 1 amide bonds. The van der Waals surface area contributed by atoms with Gasteiger partial charge in [0.15, 0.2) is 0 Å². The van der Waals surface area contributed by atoms with Crippen LogP contribution in [0.1, 0.15) is 15.7 Å². The SMILES string of the molecule is NCC(F)(F)CNC(=O)C1SCCc2sccc21. The Balaban J connectivity index is 1.99. The van der Waals surface area contributed by atoms with E-state index in [9.17, 15) is 13.6 Å². The number of halogens is 2. The van der Waals surface area contributed by atoms with E-state index in [2.05, 4.69) is 5.32 Å². The second kappa shape index (κ2) is 5.54. The summed E-state index contributed by atoms with van der Waals surface area (Å²) in [6, 6.07) is 1.90. The van der Waals surface area contributed by atoms with Gasteiger partial charge in [0.25, 0.3) is 5.92 Å². The molecule has 1 aliphatic rings. The number of carbonyl (C=O) groups excluding carboxylic acids is 1. The first-order valence-corrected chi connectivity index (χ1v) is 7.50. The van der Waals surface area contributed by atoms with Crippen LogP contribution in [0.15, 0.2) is 11.4 Å². The number of rotatable bonds is 4. The van der Waals surface area contributed by atoms with Crippen LogP contribution < -0.4 is 11.1 Å². The summed E-state index contributed by atoms with van der Waals surface area (Å²) in [6.45, 7) is -1.45. The van der Waals surface area contributed by atoms with Gasteiger partial charge >= 0.3 is 0 Å². The van der Waals surface area contributed by atoms with Gasteiger partial charge in [-0.15, -0.1) is 23.1 Å². The van der Waals surface area contributed by atoms with E-state index in [0.717, 1.165) is 17.7 Å². The number of amides is 1. The molecule has 1 aromatic rings. The molecule has 0 saturated carbocycles. The maximum atomic E-state index is 13.0. The van der Waals surface area contributed by atoms with Crippen molar-refractivity contribution in [3.05, 3.63) is 21.9 Å². The molecule has 18 heavy (non-hydrogen) atoms. The zero-order valence-corrected chi connectivity index (χ0v) is 11.3. The number of hydrogen-bond acceptors (Lipinski definition) is 4. The van der Waals surface area contributed by atoms with Gasteiger partial charge in [-0.05, 0) is 29.2 Å². The zero-order valence-electron chi connectivity index (χ0n) is 9.62. The molecule has 2 rings (SSSR count). The fraction of sp³-hybridized carbons (Fsp3) is 0.545. The molecule has 1 unspecified atom stereocenters. The van der Waals surface area contributed by atoms with Crippen molar-refractivity contribution in [3.8, 4) is 0 Å². The van der Waals surface area contributed by atoms with Gasteiger partial charge in [0.05, 0.1) is 13.1 Å². The lowest BCUT2D eigenvalue weighted by Gasteiger charge is -2.22. The summed E-state index contributed by atoms with van der Waals surface area (Å²) in [6.07, 6.45) is 0.945. The van der Waals surface area contributed by atoms with Gasteiger partial charge in [-0.2, -0.15) is 0 Å². The maximum Gasteiger partial charge on any atom is 0.277 e. The van der Waals surface area contributed by atoms with Crippen LogP contribution in [0.2, 0.25) is 0 Å². The fourth-order valence-electron chi connectivity index (χ4n) is 1.74. The van der Waals surface area contributed by atoms with E-state index in [1.807, 2.05) is 11.4 Å². The number of thioether (sulfide) groups is 1. The summed E-state index contributed by atoms with van der Waals surface area (Å²) in [5.41, 5.74) is 5.89. The number of nitrogens with one attached hydrogen (secondary N) is 1. The third-order valence-electron chi connectivity index (χ3n) is 2.73. The van der Waals surface area contributed by atoms with Crippen LogP contribution >= 0.6 is 23.1 Å². The Morgan fingerprint density at radius 3 is 3.11 bits per heavy atom. The molecule has 1 aliphatic heterocycles. The third kappa shape index (κ3) is 3.02. The topological polar surface area (TPSA) is 55.1 Å². The van der Waals surface area contributed by atoms with Crippen molar-refractivity contribution in [1.82, 2.24) is 5.32 Å². The Bertz CT molecular complexity index is 436. The molecule has 0 aliphatic carbocycles. The van der Waals surface area contributed by atoms with Crippen LogP contribution in [-0.2, 0) is 11.2 Å². The van der Waals surface area contributed by atoms with Crippen molar-refractivity contribution < 1.29 is 13.6 Å². The number of carbonyl (C=O) groups is 1. The molecule has 0 radical (unpaired) electrons. The first-order chi connectivity index (χ1) is 8.53. The van der Waals surface area contributed by atoms with E-state index in [-0.39, 0.29) is 11.2 Å². The smallest absolute Gasteiger partial charge is 0.277 e. The molecular weight excluding hydrogens is 278 g/mol. The van der Waals surface area contributed by atoms with E-state index in [4.69, 9.17) is 5.73 Å². The quantitative estimate of drug-likeness (QED) is 0.889. The summed E-state index contributed by atoms with van der Waals surface area (Å²) in [5.74, 6) is -2.54. The molecule has 2 heterocycles. The maximum absolute atomic E-state index is 13.0. The molecule has 0 spiro atoms. The molecular formula is C11H14F2N2OS2. The lowest BCUT2D eigenvalue weighted by Crippen LogP contribution is -2.43. The van der Waals surface area contributed by atoms with Crippen molar-refractivity contribution in [3.63, 3.8) is 0 Å². The molecule has 3 N–H and O–H groups in total. The minimum atomic E-state index is -3.04. The first kappa shape index (κ1) is 13.8. The predicted molar refractivity (Wildman–Crippen MR) is 70.2 cm³/mol. The molecule has 3 nitrogen and oxygen atoms in total. The third-order valence-corrected chi connectivity index (χ3v) is 4.97. The van der Waals surface area contributed by atoms with Crippen molar-refractivity contribution in [2.75, 3.05) is 18.8 Å². The second-order valence-corrected chi connectivity index (χ2v) is 6.29. The van der Waals surface area contributed by atoms with E-state index in [1.54, 1.807) is 11.3 Å². The number of aryl methyl sites for hydroxylation is 1. The average molecular weight is 292 g/mol. The number of thiophene rings is 1. The van der Waals surface area contributed by atoms with Crippen molar-refractivity contribution >= 4 is 29.0 Å². The van der Waals surface area contributed by atoms with Crippen LogP contribution in [0.25, 0.3) is 0 Å². The second-order valence-electron chi connectivity index (χ2n) is 4.08. The molecule has 0 aromatic carbocycles. The van der Waals surface area contributed by atoms with Crippen LogP contribution in [-0.4, -0.2) is 30.7 Å². The standard InChI is InChI=1S/C11H14F2N2OS2/c12-11(13,5-14)6-15-10(16)9-7-1-3-17-8(7)2-4-18-9/h1,3,9H,2,4-6,14H2,(H,15,16). The van der Waals surface area contributed by atoms with Crippen LogP contribution in [0.4, 0.5) is 8.78 Å². The molecule has 100 valence electrons. The van der Waals surface area contributed by atoms with Crippen LogP contribution in [0.5, 0.6) is 0 Å². The first-order valence-electron chi connectivity index (χ1n) is 5.57. The molecule has 0 fully saturated rings. The van der Waals surface area contributed by atoms with E-state index in [0.29, 0.717) is 0 Å². The van der Waals surface area contributed by atoms with E-state index in [1.165, 1.54) is 16.6 Å². The molecule has 0 bridgehead atoms. The van der Waals surface area contributed by atoms with Crippen molar-refractivity contribution in [2.45, 2.75) is 17.6 Å². The van der Waals surface area contributed by atoms with E-state index < -0.39 is 19.0 Å². The van der Waals surface area contributed by atoms with Gasteiger partial charge in [-0.3, -0.25) is 4.79 Å². The Morgan fingerprint density at radius 2 is 2.39 bits per heavy atom. The van der Waals surface area contributed by atoms with Gasteiger partial charge < -0.3 is 11.1 Å². The molecule has 0 saturated heterocycles. The lowest BCUT2D eigenvalue weighted by molar-refractivity contribution is -0.122. The van der Waals surface area contributed by atoms with Crippen molar-refractivity contribution in [2.24, 2.45) is 5.73 Å². The number of alkyl halides is 2.